The van der Waals surface area contributed by atoms with Crippen LogP contribution in [0.2, 0.25) is 0 Å². The molecule has 9 nitrogen and oxygen atoms in total. The molecule has 0 saturated carbocycles. The molecule has 1 atom stereocenters. The largest absolute Gasteiger partial charge is 0.524 e. The summed E-state index contributed by atoms with van der Waals surface area (Å²) >= 11 is 6.36. The van der Waals surface area contributed by atoms with Gasteiger partial charge in [-0.2, -0.15) is 0 Å². The number of phosphoric ester groups is 1. The molecular formula is C32H29ClN3O6P. The number of ketones is 1. The highest BCUT2D eigenvalue weighted by Crippen LogP contribution is 2.49. The Hall–Kier alpha value is -4.14. The normalized spacial score (nSPS) is 14.7. The van der Waals surface area contributed by atoms with E-state index in [-0.39, 0.29) is 35.7 Å². The first kappa shape index (κ1) is 29.0. The van der Waals surface area contributed by atoms with Gasteiger partial charge in [0.1, 0.15) is 11.4 Å². The molecule has 1 aliphatic heterocycles. The summed E-state index contributed by atoms with van der Waals surface area (Å²) in [6, 6.07) is 23.4. The molecule has 1 aliphatic rings. The Morgan fingerprint density at radius 3 is 2.49 bits per heavy atom. The first-order valence-electron chi connectivity index (χ1n) is 13.8. The number of nitrogens with one attached hydrogen (secondary N) is 2. The van der Waals surface area contributed by atoms with Crippen molar-refractivity contribution in [1.82, 2.24) is 4.98 Å². The van der Waals surface area contributed by atoms with Gasteiger partial charge in [-0.25, -0.2) is 4.57 Å². The number of aromatic amines is 1. The molecular weight excluding hydrogens is 589 g/mol. The fourth-order valence-electron chi connectivity index (χ4n) is 5.75. The van der Waals surface area contributed by atoms with Crippen LogP contribution in [0.5, 0.6) is 5.75 Å². The fourth-order valence-corrected chi connectivity index (χ4v) is 6.41. The average Bonchev–Trinajstić information content (AvgIpc) is 3.58. The molecule has 43 heavy (non-hydrogen) atoms. The van der Waals surface area contributed by atoms with Crippen molar-refractivity contribution in [2.75, 3.05) is 29.2 Å². The molecule has 2 heterocycles. The second-order valence-corrected chi connectivity index (χ2v) is 12.0. The number of carbonyl (C=O) groups is 2. The zero-order valence-electron chi connectivity index (χ0n) is 23.2. The van der Waals surface area contributed by atoms with Crippen molar-refractivity contribution in [3.05, 3.63) is 101 Å². The number of nitrogens with zero attached hydrogens (tertiary/aromatic N) is 1. The van der Waals surface area contributed by atoms with Crippen LogP contribution in [0.4, 0.5) is 11.4 Å². The van der Waals surface area contributed by atoms with Crippen molar-refractivity contribution < 1.29 is 28.5 Å². The van der Waals surface area contributed by atoms with E-state index in [4.69, 9.17) is 16.1 Å². The molecule has 6 rings (SSSR count). The molecule has 0 unspecified atom stereocenters. The quantitative estimate of drug-likeness (QED) is 0.0829. The number of anilines is 2. The molecule has 0 spiro atoms. The minimum Gasteiger partial charge on any atom is -0.404 e. The maximum absolute atomic E-state index is 13.9. The molecule has 0 aliphatic carbocycles. The first-order valence-corrected chi connectivity index (χ1v) is 15.9. The maximum atomic E-state index is 13.9. The number of H-pyrrole nitrogens is 1. The second kappa shape index (κ2) is 11.5. The second-order valence-electron chi connectivity index (χ2n) is 10.5. The lowest BCUT2D eigenvalue weighted by atomic mass is 9.95. The van der Waals surface area contributed by atoms with Crippen LogP contribution in [0.3, 0.4) is 0 Å². The molecule has 0 saturated heterocycles. The Balaban J connectivity index is 1.30. The number of aromatic nitrogens is 1. The van der Waals surface area contributed by atoms with Crippen LogP contribution in [0.1, 0.15) is 44.8 Å². The molecule has 0 radical (unpaired) electrons. The molecule has 0 fully saturated rings. The summed E-state index contributed by atoms with van der Waals surface area (Å²) in [5, 5.41) is 5.24. The summed E-state index contributed by atoms with van der Waals surface area (Å²) < 4.78 is 16.8. The third-order valence-corrected chi connectivity index (χ3v) is 8.45. The highest BCUT2D eigenvalue weighted by molar-refractivity contribution is 7.46. The number of Topliss-reactive ketones (excluding diaryl/α,β-unsaturated/α-hetero) is 1. The Labute approximate surface area is 252 Å². The smallest absolute Gasteiger partial charge is 0.404 e. The van der Waals surface area contributed by atoms with Crippen LogP contribution in [0.15, 0.2) is 78.9 Å². The van der Waals surface area contributed by atoms with Crippen LogP contribution in [-0.4, -0.2) is 45.4 Å². The number of hydrogen-bond acceptors (Lipinski definition) is 5. The van der Waals surface area contributed by atoms with Gasteiger partial charge >= 0.3 is 7.82 Å². The lowest BCUT2D eigenvalue weighted by molar-refractivity contribution is 0.0979. The minimum atomic E-state index is -4.86. The summed E-state index contributed by atoms with van der Waals surface area (Å²) in [5.41, 5.74) is 4.81. The number of hydrogen-bond donors (Lipinski definition) is 4. The molecule has 1 aromatic heterocycles. The lowest BCUT2D eigenvalue weighted by Crippen LogP contribution is -2.30. The van der Waals surface area contributed by atoms with Crippen LogP contribution in [-0.2, 0) is 11.0 Å². The van der Waals surface area contributed by atoms with Gasteiger partial charge in [-0.1, -0.05) is 30.3 Å². The van der Waals surface area contributed by atoms with Gasteiger partial charge in [0.25, 0.3) is 5.91 Å². The molecule has 4 aromatic carbocycles. The zero-order valence-corrected chi connectivity index (χ0v) is 24.9. The maximum Gasteiger partial charge on any atom is 0.524 e. The third kappa shape index (κ3) is 5.77. The van der Waals surface area contributed by atoms with Crippen molar-refractivity contribution in [2.45, 2.75) is 19.3 Å². The standard InChI is InChI=1S/C32H29ClN3O6P/c1-2-34-23-10-8-20(9-11-23)29(37)14-19-7-12-26-21(13-19)15-27(35-26)32(38)36-18-22(17-33)31-25-6-4-3-5-24(25)30(16-28(31)36)42-43(39,40)41/h3-13,15-16,22,34-35H,2,14,17-18H2,1H3,(H2,39,40,41)/t22-/m1/s1. The lowest BCUT2D eigenvalue weighted by Gasteiger charge is -2.19. The summed E-state index contributed by atoms with van der Waals surface area (Å²) in [5.74, 6) is -0.278. The van der Waals surface area contributed by atoms with Crippen molar-refractivity contribution in [1.29, 1.82) is 0 Å². The number of phosphoric acid groups is 1. The highest BCUT2D eigenvalue weighted by Gasteiger charge is 2.36. The van der Waals surface area contributed by atoms with Crippen LogP contribution in [0.25, 0.3) is 21.7 Å². The Kier molecular flexibility index (Phi) is 7.75. The number of fused-ring (bicyclic) bond motifs is 4. The number of halogens is 1. The number of benzene rings is 4. The van der Waals surface area contributed by atoms with E-state index in [1.54, 1.807) is 23.1 Å². The fraction of sp³-hybridized carbons (Fsp3) is 0.188. The molecule has 1 amide bonds. The zero-order chi connectivity index (χ0) is 30.3. The SMILES string of the molecule is CCNc1ccc(C(=O)Cc2ccc3[nH]c(C(=O)N4C[C@@H](CCl)c5c4cc(OP(=O)(O)O)c4ccccc54)cc3c2)cc1. The van der Waals surface area contributed by atoms with Gasteiger partial charge in [0.15, 0.2) is 5.78 Å². The van der Waals surface area contributed by atoms with Gasteiger partial charge in [0.2, 0.25) is 0 Å². The number of amides is 1. The average molecular weight is 618 g/mol. The van der Waals surface area contributed by atoms with Crippen LogP contribution >= 0.6 is 19.4 Å². The van der Waals surface area contributed by atoms with Gasteiger partial charge in [-0.15, -0.1) is 11.6 Å². The van der Waals surface area contributed by atoms with Gasteiger partial charge in [-0.05, 0) is 65.9 Å². The molecule has 220 valence electrons. The van der Waals surface area contributed by atoms with E-state index >= 15 is 0 Å². The Morgan fingerprint density at radius 1 is 1.05 bits per heavy atom. The minimum absolute atomic E-state index is 0.00409. The third-order valence-electron chi connectivity index (χ3n) is 7.65. The van der Waals surface area contributed by atoms with Gasteiger partial charge in [0.05, 0.1) is 5.69 Å². The molecule has 5 aromatic rings. The monoisotopic (exact) mass is 617 g/mol. The Morgan fingerprint density at radius 2 is 1.79 bits per heavy atom. The van der Waals surface area contributed by atoms with Gasteiger partial charge in [0, 0.05) is 64.9 Å². The number of rotatable bonds is 9. The first-order chi connectivity index (χ1) is 20.6. The topological polar surface area (TPSA) is 132 Å². The van der Waals surface area contributed by atoms with Crippen molar-refractivity contribution >= 4 is 64.2 Å². The van der Waals surface area contributed by atoms with Crippen molar-refractivity contribution in [2.24, 2.45) is 0 Å². The van der Waals surface area contributed by atoms with E-state index in [0.717, 1.165) is 34.3 Å². The van der Waals surface area contributed by atoms with Crippen LogP contribution < -0.4 is 14.7 Å². The van der Waals surface area contributed by atoms with E-state index in [1.165, 1.54) is 6.07 Å². The summed E-state index contributed by atoms with van der Waals surface area (Å²) in [6.45, 7) is 3.11. The molecule has 11 heteroatoms. The number of alkyl halides is 1. The van der Waals surface area contributed by atoms with E-state index in [2.05, 4.69) is 10.3 Å². The predicted octanol–water partition coefficient (Wildman–Crippen LogP) is 6.63. The van der Waals surface area contributed by atoms with Gasteiger partial charge < -0.3 is 19.7 Å². The number of carbonyl (C=O) groups excluding carboxylic acids is 2. The predicted molar refractivity (Wildman–Crippen MR) is 169 cm³/mol. The van der Waals surface area contributed by atoms with Crippen LogP contribution in [0, 0.1) is 0 Å². The van der Waals surface area contributed by atoms with E-state index in [1.807, 2.05) is 61.5 Å². The van der Waals surface area contributed by atoms with E-state index in [0.29, 0.717) is 34.3 Å². The van der Waals surface area contributed by atoms with Crippen molar-refractivity contribution in [3.8, 4) is 5.75 Å². The molecule has 0 bridgehead atoms. The summed E-state index contributed by atoms with van der Waals surface area (Å²) in [6.07, 6.45) is 0.220. The summed E-state index contributed by atoms with van der Waals surface area (Å²) in [4.78, 5) is 50.7. The van der Waals surface area contributed by atoms with E-state index in [9.17, 15) is 23.9 Å². The summed E-state index contributed by atoms with van der Waals surface area (Å²) in [7, 11) is -4.86. The highest BCUT2D eigenvalue weighted by atomic mass is 35.5. The van der Waals surface area contributed by atoms with Crippen molar-refractivity contribution in [3.63, 3.8) is 0 Å². The van der Waals surface area contributed by atoms with E-state index < -0.39 is 7.82 Å². The van der Waals surface area contributed by atoms with Gasteiger partial charge in [-0.3, -0.25) is 19.4 Å². The molecule has 4 N–H and O–H groups in total. The Bertz CT molecular complexity index is 1920.